The summed E-state index contributed by atoms with van der Waals surface area (Å²) in [6.45, 7) is 4.13. The number of anilines is 1. The van der Waals surface area contributed by atoms with Gasteiger partial charge in [-0.3, -0.25) is 4.79 Å². The Morgan fingerprint density at radius 3 is 2.52 bits per heavy atom. The number of nitrogens with zero attached hydrogens (tertiary/aromatic N) is 1. The second-order valence-electron chi connectivity index (χ2n) is 5.19. The number of hydrogen-bond donors (Lipinski definition) is 1. The van der Waals surface area contributed by atoms with E-state index in [0.29, 0.717) is 16.3 Å². The van der Waals surface area contributed by atoms with Gasteiger partial charge in [-0.05, 0) is 32.4 Å². The number of nitrogens with one attached hydrogen (secondary N) is 1. The van der Waals surface area contributed by atoms with Crippen molar-refractivity contribution in [1.82, 2.24) is 4.98 Å². The summed E-state index contributed by atoms with van der Waals surface area (Å²) in [7, 11) is 0. The van der Waals surface area contributed by atoms with Crippen molar-refractivity contribution in [3.8, 4) is 0 Å². The lowest BCUT2D eigenvalue weighted by atomic mass is 10.1. The van der Waals surface area contributed by atoms with E-state index in [1.54, 1.807) is 13.8 Å². The summed E-state index contributed by atoms with van der Waals surface area (Å²) >= 11 is 11.8. The summed E-state index contributed by atoms with van der Waals surface area (Å²) in [4.78, 5) is 39.3. The number of amides is 1. The number of esters is 1. The van der Waals surface area contributed by atoms with Crippen molar-refractivity contribution in [2.45, 2.75) is 20.8 Å². The van der Waals surface area contributed by atoms with Crippen LogP contribution in [0.5, 0.6) is 0 Å². The zero-order valence-corrected chi connectivity index (χ0v) is 15.1. The van der Waals surface area contributed by atoms with E-state index in [1.807, 2.05) is 0 Å². The van der Waals surface area contributed by atoms with E-state index in [0.717, 1.165) is 0 Å². The lowest BCUT2D eigenvalue weighted by Crippen LogP contribution is -2.23. The summed E-state index contributed by atoms with van der Waals surface area (Å²) in [6, 6.07) is 2.62. The Bertz CT molecular complexity index is 882. The molecule has 0 atom stereocenters. The van der Waals surface area contributed by atoms with Crippen molar-refractivity contribution < 1.29 is 18.7 Å². The number of rotatable bonds is 4. The lowest BCUT2D eigenvalue weighted by molar-refractivity contribution is -0.119. The van der Waals surface area contributed by atoms with E-state index in [9.17, 15) is 14.4 Å². The number of aryl methyl sites for hydroxylation is 3. The SMILES string of the molecule is Cc1cc(=O)oc(C)c1C(=O)OCC(=O)Nc1nc(C)c(Cl)cc1Cl. The van der Waals surface area contributed by atoms with Gasteiger partial charge in [0.05, 0.1) is 15.7 Å². The van der Waals surface area contributed by atoms with Gasteiger partial charge in [0.1, 0.15) is 11.3 Å². The van der Waals surface area contributed by atoms with Crippen LogP contribution in [0.4, 0.5) is 5.82 Å². The molecule has 0 aliphatic rings. The van der Waals surface area contributed by atoms with Crippen LogP contribution in [0.3, 0.4) is 0 Å². The smallest absolute Gasteiger partial charge is 0.342 e. The standard InChI is InChI=1S/C16H14Cl2N2O5/c1-7-4-13(22)25-9(3)14(7)16(23)24-6-12(21)20-15-11(18)5-10(17)8(2)19-15/h4-5H,6H2,1-3H3,(H,19,20,21). The van der Waals surface area contributed by atoms with E-state index in [-0.39, 0.29) is 22.2 Å². The number of hydrogen-bond acceptors (Lipinski definition) is 6. The molecule has 1 amide bonds. The quantitative estimate of drug-likeness (QED) is 0.813. The second-order valence-corrected chi connectivity index (χ2v) is 6.00. The molecular weight excluding hydrogens is 371 g/mol. The zero-order valence-electron chi connectivity index (χ0n) is 13.6. The Morgan fingerprint density at radius 1 is 1.20 bits per heavy atom. The van der Waals surface area contributed by atoms with Crippen LogP contribution in [0.15, 0.2) is 21.3 Å². The predicted molar refractivity (Wildman–Crippen MR) is 92.4 cm³/mol. The molecule has 0 saturated heterocycles. The molecule has 0 unspecified atom stereocenters. The molecule has 25 heavy (non-hydrogen) atoms. The first-order valence-electron chi connectivity index (χ1n) is 7.10. The molecule has 0 aliphatic carbocycles. The third-order valence-corrected chi connectivity index (χ3v) is 3.91. The van der Waals surface area contributed by atoms with Gasteiger partial charge in [0, 0.05) is 6.07 Å². The van der Waals surface area contributed by atoms with Crippen molar-refractivity contribution in [2.75, 3.05) is 11.9 Å². The Labute approximate surface area is 152 Å². The Hall–Kier alpha value is -2.38. The lowest BCUT2D eigenvalue weighted by Gasteiger charge is -2.10. The molecule has 0 aliphatic heterocycles. The summed E-state index contributed by atoms with van der Waals surface area (Å²) < 4.78 is 9.80. The van der Waals surface area contributed by atoms with Crippen molar-refractivity contribution in [2.24, 2.45) is 0 Å². The van der Waals surface area contributed by atoms with E-state index in [1.165, 1.54) is 19.1 Å². The number of carbonyl (C=O) groups is 2. The number of carbonyl (C=O) groups excluding carboxylic acids is 2. The fraction of sp³-hybridized carbons (Fsp3) is 0.250. The molecule has 2 aromatic heterocycles. The minimum atomic E-state index is -0.778. The van der Waals surface area contributed by atoms with Gasteiger partial charge in [-0.25, -0.2) is 14.6 Å². The van der Waals surface area contributed by atoms with Gasteiger partial charge in [-0.1, -0.05) is 23.2 Å². The molecular formula is C16H14Cl2N2O5. The Morgan fingerprint density at radius 2 is 1.88 bits per heavy atom. The van der Waals surface area contributed by atoms with E-state index in [2.05, 4.69) is 10.3 Å². The molecule has 132 valence electrons. The number of halogens is 2. The van der Waals surface area contributed by atoms with Crippen LogP contribution in [-0.4, -0.2) is 23.5 Å². The third-order valence-electron chi connectivity index (χ3n) is 3.24. The Balaban J connectivity index is 2.04. The normalized spacial score (nSPS) is 10.4. The predicted octanol–water partition coefficient (Wildman–Crippen LogP) is 3.06. The molecule has 0 radical (unpaired) electrons. The van der Waals surface area contributed by atoms with E-state index < -0.39 is 24.1 Å². The van der Waals surface area contributed by atoms with Gasteiger partial charge in [-0.2, -0.15) is 0 Å². The van der Waals surface area contributed by atoms with Gasteiger partial charge in [0.2, 0.25) is 0 Å². The van der Waals surface area contributed by atoms with Crippen LogP contribution >= 0.6 is 23.2 Å². The van der Waals surface area contributed by atoms with Crippen LogP contribution in [-0.2, 0) is 9.53 Å². The highest BCUT2D eigenvalue weighted by molar-refractivity contribution is 6.36. The van der Waals surface area contributed by atoms with Gasteiger partial charge < -0.3 is 14.5 Å². The average Bonchev–Trinajstić information content (AvgIpc) is 2.49. The molecule has 0 aromatic carbocycles. The maximum Gasteiger partial charge on any atom is 0.342 e. The van der Waals surface area contributed by atoms with Gasteiger partial charge in [0.25, 0.3) is 5.91 Å². The summed E-state index contributed by atoms with van der Waals surface area (Å²) in [5.41, 5.74) is 0.426. The highest BCUT2D eigenvalue weighted by atomic mass is 35.5. The third kappa shape index (κ3) is 4.58. The number of pyridine rings is 1. The Kier molecular flexibility index (Phi) is 5.81. The van der Waals surface area contributed by atoms with Crippen LogP contribution < -0.4 is 10.9 Å². The van der Waals surface area contributed by atoms with Crippen LogP contribution in [0.2, 0.25) is 10.0 Å². The van der Waals surface area contributed by atoms with E-state index >= 15 is 0 Å². The van der Waals surface area contributed by atoms with Crippen LogP contribution in [0.25, 0.3) is 0 Å². The minimum absolute atomic E-state index is 0.103. The highest BCUT2D eigenvalue weighted by Gasteiger charge is 2.18. The maximum absolute atomic E-state index is 12.1. The molecule has 1 N–H and O–H groups in total. The molecule has 0 fully saturated rings. The molecule has 2 rings (SSSR count). The molecule has 0 spiro atoms. The molecule has 2 aromatic rings. The first-order chi connectivity index (χ1) is 11.7. The number of aromatic nitrogens is 1. The van der Waals surface area contributed by atoms with Crippen molar-refractivity contribution in [1.29, 1.82) is 0 Å². The van der Waals surface area contributed by atoms with Gasteiger partial charge in [0.15, 0.2) is 12.4 Å². The summed E-state index contributed by atoms with van der Waals surface area (Å²) in [6.07, 6.45) is 0. The highest BCUT2D eigenvalue weighted by Crippen LogP contribution is 2.25. The van der Waals surface area contributed by atoms with Crippen LogP contribution in [0.1, 0.15) is 27.4 Å². The second kappa shape index (κ2) is 7.67. The first-order valence-corrected chi connectivity index (χ1v) is 7.85. The zero-order chi connectivity index (χ0) is 18.7. The first kappa shape index (κ1) is 19.0. The molecule has 0 saturated carbocycles. The van der Waals surface area contributed by atoms with Crippen molar-refractivity contribution in [3.05, 3.63) is 55.2 Å². The monoisotopic (exact) mass is 384 g/mol. The fourth-order valence-electron chi connectivity index (χ4n) is 2.08. The average molecular weight is 385 g/mol. The van der Waals surface area contributed by atoms with E-state index in [4.69, 9.17) is 32.4 Å². The molecule has 7 nitrogen and oxygen atoms in total. The molecule has 0 bridgehead atoms. The molecule has 2 heterocycles. The molecule has 9 heteroatoms. The summed E-state index contributed by atoms with van der Waals surface area (Å²) in [5, 5.41) is 2.96. The summed E-state index contributed by atoms with van der Waals surface area (Å²) in [5.74, 6) is -1.17. The number of ether oxygens (including phenoxy) is 1. The maximum atomic E-state index is 12.1. The van der Waals surface area contributed by atoms with Crippen LogP contribution in [0, 0.1) is 20.8 Å². The van der Waals surface area contributed by atoms with Gasteiger partial charge in [-0.15, -0.1) is 0 Å². The van der Waals surface area contributed by atoms with Gasteiger partial charge >= 0.3 is 11.6 Å². The van der Waals surface area contributed by atoms with Crippen molar-refractivity contribution >= 4 is 40.9 Å². The fourth-order valence-corrected chi connectivity index (χ4v) is 2.49. The minimum Gasteiger partial charge on any atom is -0.452 e. The largest absolute Gasteiger partial charge is 0.452 e. The topological polar surface area (TPSA) is 98.5 Å². The van der Waals surface area contributed by atoms with Crippen molar-refractivity contribution in [3.63, 3.8) is 0 Å².